The summed E-state index contributed by atoms with van der Waals surface area (Å²) in [7, 11) is 0. The first-order valence-corrected chi connectivity index (χ1v) is 11.8. The maximum atomic E-state index is 12.4. The smallest absolute Gasteiger partial charge is 0.319 e. The average Bonchev–Trinajstić information content (AvgIpc) is 2.76. The summed E-state index contributed by atoms with van der Waals surface area (Å²) in [5.74, 6) is 2.23. The molecule has 3 amide bonds. The number of urea groups is 1. The van der Waals surface area contributed by atoms with Gasteiger partial charge in [-0.1, -0.05) is 48.9 Å². The zero-order valence-corrected chi connectivity index (χ0v) is 18.0. The fourth-order valence-electron chi connectivity index (χ4n) is 4.19. The number of anilines is 1. The molecule has 2 aromatic carbocycles. The number of nitrogens with zero attached hydrogens (tertiary/aromatic N) is 1. The van der Waals surface area contributed by atoms with E-state index in [1.165, 1.54) is 12.0 Å². The van der Waals surface area contributed by atoms with Crippen LogP contribution in [0.4, 0.5) is 10.5 Å². The van der Waals surface area contributed by atoms with Gasteiger partial charge in [0.2, 0.25) is 5.91 Å². The van der Waals surface area contributed by atoms with Crippen molar-refractivity contribution in [2.24, 2.45) is 0 Å². The Kier molecular flexibility index (Phi) is 6.62. The van der Waals surface area contributed by atoms with E-state index in [0.717, 1.165) is 48.7 Å². The summed E-state index contributed by atoms with van der Waals surface area (Å²) in [4.78, 5) is 26.8. The summed E-state index contributed by atoms with van der Waals surface area (Å²) >= 11 is 1.90. The molecule has 2 fully saturated rings. The zero-order valence-electron chi connectivity index (χ0n) is 17.2. The highest BCUT2D eigenvalue weighted by Gasteiger charge is 2.38. The standard InChI is InChI=1S/C24H29N3O2S/c28-22(27-13-15-30-16-14-27)17-19-7-9-21(10-8-19)26-23(29)25-18-24(11-4-12-24)20-5-2-1-3-6-20/h1-3,5-10H,4,11-18H2,(H2,25,26,29). The van der Waals surface area contributed by atoms with E-state index in [0.29, 0.717) is 13.0 Å². The number of hydrogen-bond acceptors (Lipinski definition) is 3. The first-order chi connectivity index (χ1) is 14.6. The molecule has 1 saturated heterocycles. The van der Waals surface area contributed by atoms with Crippen molar-refractivity contribution in [3.8, 4) is 0 Å². The van der Waals surface area contributed by atoms with Crippen LogP contribution in [0.2, 0.25) is 0 Å². The third-order valence-electron chi connectivity index (χ3n) is 6.22. The number of carbonyl (C=O) groups is 2. The fraction of sp³-hybridized carbons (Fsp3) is 0.417. The Bertz CT molecular complexity index is 860. The maximum absolute atomic E-state index is 12.4. The Morgan fingerprint density at radius 3 is 2.30 bits per heavy atom. The van der Waals surface area contributed by atoms with Gasteiger partial charge in [-0.2, -0.15) is 11.8 Å². The number of nitrogens with one attached hydrogen (secondary N) is 2. The number of amides is 3. The molecule has 0 aromatic heterocycles. The van der Waals surface area contributed by atoms with Crippen molar-refractivity contribution in [3.05, 3.63) is 65.7 Å². The molecule has 1 heterocycles. The maximum Gasteiger partial charge on any atom is 0.319 e. The van der Waals surface area contributed by atoms with Crippen molar-refractivity contribution >= 4 is 29.4 Å². The lowest BCUT2D eigenvalue weighted by atomic mass is 9.64. The summed E-state index contributed by atoms with van der Waals surface area (Å²) in [6.45, 7) is 2.32. The van der Waals surface area contributed by atoms with E-state index in [1.807, 2.05) is 47.0 Å². The van der Waals surface area contributed by atoms with Gasteiger partial charge in [0.05, 0.1) is 6.42 Å². The molecule has 30 heavy (non-hydrogen) atoms. The third-order valence-corrected chi connectivity index (χ3v) is 7.16. The van der Waals surface area contributed by atoms with Crippen molar-refractivity contribution in [2.45, 2.75) is 31.1 Å². The van der Waals surface area contributed by atoms with Crippen LogP contribution in [-0.4, -0.2) is 48.0 Å². The molecule has 1 aliphatic heterocycles. The van der Waals surface area contributed by atoms with E-state index < -0.39 is 0 Å². The van der Waals surface area contributed by atoms with Crippen LogP contribution in [0.1, 0.15) is 30.4 Å². The first-order valence-electron chi connectivity index (χ1n) is 10.7. The highest BCUT2D eigenvalue weighted by atomic mass is 32.2. The minimum absolute atomic E-state index is 0.0653. The van der Waals surface area contributed by atoms with Crippen LogP contribution >= 0.6 is 11.8 Å². The molecule has 2 aliphatic rings. The summed E-state index contributed by atoms with van der Waals surface area (Å²) in [5, 5.41) is 5.96. The molecule has 158 valence electrons. The number of benzene rings is 2. The van der Waals surface area contributed by atoms with E-state index in [4.69, 9.17) is 0 Å². The minimum Gasteiger partial charge on any atom is -0.341 e. The molecule has 0 bridgehead atoms. The quantitative estimate of drug-likeness (QED) is 0.737. The molecular formula is C24H29N3O2S. The van der Waals surface area contributed by atoms with Gasteiger partial charge in [-0.3, -0.25) is 4.79 Å². The second-order valence-electron chi connectivity index (χ2n) is 8.17. The van der Waals surface area contributed by atoms with Crippen molar-refractivity contribution in [1.29, 1.82) is 0 Å². The fourth-order valence-corrected chi connectivity index (χ4v) is 5.10. The van der Waals surface area contributed by atoms with Gasteiger partial charge in [0.25, 0.3) is 0 Å². The highest BCUT2D eigenvalue weighted by molar-refractivity contribution is 7.99. The molecule has 6 heteroatoms. The van der Waals surface area contributed by atoms with Crippen LogP contribution < -0.4 is 10.6 Å². The topological polar surface area (TPSA) is 61.4 Å². The Labute approximate surface area is 182 Å². The lowest BCUT2D eigenvalue weighted by Crippen LogP contribution is -2.46. The SMILES string of the molecule is O=C(NCC1(c2ccccc2)CCC1)Nc1ccc(CC(=O)N2CCSCC2)cc1. The predicted molar refractivity (Wildman–Crippen MR) is 123 cm³/mol. The van der Waals surface area contributed by atoms with Gasteiger partial charge in [0.1, 0.15) is 0 Å². The van der Waals surface area contributed by atoms with Gasteiger partial charge in [-0.15, -0.1) is 0 Å². The molecule has 5 nitrogen and oxygen atoms in total. The molecule has 1 saturated carbocycles. The van der Waals surface area contributed by atoms with E-state index in [2.05, 4.69) is 34.9 Å². The minimum atomic E-state index is -0.188. The van der Waals surface area contributed by atoms with Crippen LogP contribution in [0.15, 0.2) is 54.6 Å². The largest absolute Gasteiger partial charge is 0.341 e. The Hall–Kier alpha value is -2.47. The molecule has 2 N–H and O–H groups in total. The van der Waals surface area contributed by atoms with Gasteiger partial charge < -0.3 is 15.5 Å². The van der Waals surface area contributed by atoms with Crippen molar-refractivity contribution in [1.82, 2.24) is 10.2 Å². The van der Waals surface area contributed by atoms with Crippen molar-refractivity contribution < 1.29 is 9.59 Å². The summed E-state index contributed by atoms with van der Waals surface area (Å²) in [6, 6.07) is 17.8. The van der Waals surface area contributed by atoms with Crippen LogP contribution in [0, 0.1) is 0 Å². The van der Waals surface area contributed by atoms with E-state index in [1.54, 1.807) is 0 Å². The number of thioether (sulfide) groups is 1. The van der Waals surface area contributed by atoms with Gasteiger partial charge >= 0.3 is 6.03 Å². The zero-order chi connectivity index (χ0) is 20.8. The second-order valence-corrected chi connectivity index (χ2v) is 9.40. The number of hydrogen-bond donors (Lipinski definition) is 2. The molecule has 0 atom stereocenters. The van der Waals surface area contributed by atoms with Gasteiger partial charge in [0, 0.05) is 42.2 Å². The molecular weight excluding hydrogens is 394 g/mol. The van der Waals surface area contributed by atoms with Crippen molar-refractivity contribution in [2.75, 3.05) is 36.5 Å². The van der Waals surface area contributed by atoms with Gasteiger partial charge in [-0.05, 0) is 36.1 Å². The predicted octanol–water partition coefficient (Wildman–Crippen LogP) is 4.05. The molecule has 0 radical (unpaired) electrons. The summed E-state index contributed by atoms with van der Waals surface area (Å²) in [6.07, 6.45) is 3.83. The van der Waals surface area contributed by atoms with E-state index in [9.17, 15) is 9.59 Å². The molecule has 2 aromatic rings. The highest BCUT2D eigenvalue weighted by Crippen LogP contribution is 2.43. The Morgan fingerprint density at radius 1 is 0.967 bits per heavy atom. The Morgan fingerprint density at radius 2 is 1.67 bits per heavy atom. The average molecular weight is 424 g/mol. The number of carbonyl (C=O) groups excluding carboxylic acids is 2. The summed E-state index contributed by atoms with van der Waals surface area (Å²) < 4.78 is 0. The lowest BCUT2D eigenvalue weighted by molar-refractivity contribution is -0.130. The molecule has 0 spiro atoms. The molecule has 4 rings (SSSR count). The van der Waals surface area contributed by atoms with Crippen molar-refractivity contribution in [3.63, 3.8) is 0 Å². The monoisotopic (exact) mass is 423 g/mol. The number of rotatable bonds is 6. The van der Waals surface area contributed by atoms with E-state index >= 15 is 0 Å². The lowest BCUT2D eigenvalue weighted by Gasteiger charge is -2.42. The van der Waals surface area contributed by atoms with Gasteiger partial charge in [0.15, 0.2) is 0 Å². The van der Waals surface area contributed by atoms with E-state index in [-0.39, 0.29) is 17.4 Å². The summed E-state index contributed by atoms with van der Waals surface area (Å²) in [5.41, 5.74) is 3.08. The third kappa shape index (κ3) is 4.98. The van der Waals surface area contributed by atoms with Crippen LogP contribution in [-0.2, 0) is 16.6 Å². The van der Waals surface area contributed by atoms with Crippen LogP contribution in [0.25, 0.3) is 0 Å². The normalized spacial score (nSPS) is 17.7. The second kappa shape index (κ2) is 9.56. The van der Waals surface area contributed by atoms with Crippen LogP contribution in [0.3, 0.4) is 0 Å². The molecule has 1 aliphatic carbocycles. The van der Waals surface area contributed by atoms with Gasteiger partial charge in [-0.25, -0.2) is 4.79 Å². The Balaban J connectivity index is 1.27. The van der Waals surface area contributed by atoms with Crippen LogP contribution in [0.5, 0.6) is 0 Å². The first kappa shape index (κ1) is 20.8. The molecule has 0 unspecified atom stereocenters.